The number of amides is 2. The van der Waals surface area contributed by atoms with E-state index in [1.165, 1.54) is 0 Å². The minimum Gasteiger partial charge on any atom is -0.478 e. The summed E-state index contributed by atoms with van der Waals surface area (Å²) in [6.45, 7) is 3.18. The molecule has 2 N–H and O–H groups in total. The topological polar surface area (TPSA) is 67.4 Å². The van der Waals surface area contributed by atoms with Gasteiger partial charge in [0.15, 0.2) is 5.60 Å². The molecule has 2 amide bonds. The minimum atomic E-state index is -1.19. The van der Waals surface area contributed by atoms with Crippen molar-refractivity contribution in [1.82, 2.24) is 10.9 Å². The fourth-order valence-corrected chi connectivity index (χ4v) is 2.03. The van der Waals surface area contributed by atoms with E-state index in [9.17, 15) is 9.59 Å². The Labute approximate surface area is 149 Å². The number of nitrogens with one attached hydrogen (secondary N) is 2. The van der Waals surface area contributed by atoms with Crippen LogP contribution in [0.25, 0.3) is 0 Å². The van der Waals surface area contributed by atoms with Gasteiger partial charge in [0.05, 0.1) is 0 Å². The van der Waals surface area contributed by atoms with Gasteiger partial charge in [0.2, 0.25) is 0 Å². The molecule has 0 aliphatic heterocycles. The Morgan fingerprint density at radius 1 is 0.875 bits per heavy atom. The molecule has 2 aromatic rings. The van der Waals surface area contributed by atoms with E-state index in [1.54, 1.807) is 62.4 Å². The lowest BCUT2D eigenvalue weighted by Gasteiger charge is -2.25. The zero-order valence-electron chi connectivity index (χ0n) is 13.1. The second-order valence-corrected chi connectivity index (χ2v) is 6.35. The van der Waals surface area contributed by atoms with Crippen LogP contribution in [-0.4, -0.2) is 17.4 Å². The van der Waals surface area contributed by atoms with Crippen LogP contribution in [0.15, 0.2) is 48.5 Å². The number of hydrogen-bond donors (Lipinski definition) is 2. The van der Waals surface area contributed by atoms with Crippen molar-refractivity contribution in [3.05, 3.63) is 64.1 Å². The third-order valence-electron chi connectivity index (χ3n) is 3.13. The van der Waals surface area contributed by atoms with E-state index in [0.717, 1.165) is 0 Å². The van der Waals surface area contributed by atoms with Crippen molar-refractivity contribution in [2.45, 2.75) is 19.4 Å². The second-order valence-electron chi connectivity index (χ2n) is 5.48. The maximum atomic E-state index is 12.2. The molecule has 0 aromatic heterocycles. The predicted octanol–water partition coefficient (Wildman–Crippen LogP) is 3.61. The summed E-state index contributed by atoms with van der Waals surface area (Å²) in [4.78, 5) is 24.2. The van der Waals surface area contributed by atoms with Gasteiger partial charge in [-0.15, -0.1) is 0 Å². The van der Waals surface area contributed by atoms with Crippen molar-refractivity contribution in [3.8, 4) is 5.75 Å². The Balaban J connectivity index is 1.93. The highest BCUT2D eigenvalue weighted by molar-refractivity contribution is 6.30. The van der Waals surface area contributed by atoms with Crippen LogP contribution >= 0.6 is 23.2 Å². The number of rotatable bonds is 4. The monoisotopic (exact) mass is 366 g/mol. The number of ether oxygens (including phenoxy) is 1. The van der Waals surface area contributed by atoms with Crippen LogP contribution in [0.2, 0.25) is 10.0 Å². The largest absolute Gasteiger partial charge is 0.478 e. The normalized spacial score (nSPS) is 10.8. The van der Waals surface area contributed by atoms with Gasteiger partial charge in [-0.2, -0.15) is 0 Å². The number of carbonyl (C=O) groups excluding carboxylic acids is 2. The number of benzene rings is 2. The summed E-state index contributed by atoms with van der Waals surface area (Å²) in [6, 6.07) is 12.9. The lowest BCUT2D eigenvalue weighted by molar-refractivity contribution is -0.135. The van der Waals surface area contributed by atoms with Crippen LogP contribution in [0.5, 0.6) is 5.75 Å². The van der Waals surface area contributed by atoms with E-state index in [1.807, 2.05) is 0 Å². The predicted molar refractivity (Wildman–Crippen MR) is 93.2 cm³/mol. The maximum absolute atomic E-state index is 12.2. The summed E-state index contributed by atoms with van der Waals surface area (Å²) >= 11 is 11.6. The van der Waals surface area contributed by atoms with Crippen LogP contribution in [0.3, 0.4) is 0 Å². The molecule has 0 saturated carbocycles. The van der Waals surface area contributed by atoms with Crippen molar-refractivity contribution in [1.29, 1.82) is 0 Å². The van der Waals surface area contributed by atoms with Crippen molar-refractivity contribution in [3.63, 3.8) is 0 Å². The molecule has 2 aromatic carbocycles. The van der Waals surface area contributed by atoms with Gasteiger partial charge in [0.1, 0.15) is 5.75 Å². The number of halogens is 2. The quantitative estimate of drug-likeness (QED) is 0.812. The molecule has 0 atom stereocenters. The summed E-state index contributed by atoms with van der Waals surface area (Å²) in [7, 11) is 0. The van der Waals surface area contributed by atoms with Crippen LogP contribution in [0, 0.1) is 0 Å². The molecule has 24 heavy (non-hydrogen) atoms. The zero-order valence-corrected chi connectivity index (χ0v) is 14.6. The third-order valence-corrected chi connectivity index (χ3v) is 3.63. The summed E-state index contributed by atoms with van der Waals surface area (Å²) in [6.07, 6.45) is 0. The maximum Gasteiger partial charge on any atom is 0.281 e. The van der Waals surface area contributed by atoms with Crippen LogP contribution in [0.4, 0.5) is 0 Å². The summed E-state index contributed by atoms with van der Waals surface area (Å²) in [5.41, 5.74) is 3.86. The SMILES string of the molecule is CC(C)(Oc1ccc(Cl)cc1)C(=O)NNC(=O)c1ccc(Cl)cc1. The minimum absolute atomic E-state index is 0.371. The Bertz CT molecular complexity index is 729. The Hall–Kier alpha value is -2.24. The van der Waals surface area contributed by atoms with E-state index >= 15 is 0 Å². The molecule has 0 heterocycles. The van der Waals surface area contributed by atoms with Gasteiger partial charge in [0.25, 0.3) is 11.8 Å². The van der Waals surface area contributed by atoms with E-state index < -0.39 is 17.4 Å². The highest BCUT2D eigenvalue weighted by Gasteiger charge is 2.30. The van der Waals surface area contributed by atoms with Gasteiger partial charge >= 0.3 is 0 Å². The van der Waals surface area contributed by atoms with E-state index in [2.05, 4.69) is 10.9 Å². The van der Waals surface area contributed by atoms with Gasteiger partial charge in [-0.25, -0.2) is 0 Å². The first kappa shape index (κ1) is 18.1. The van der Waals surface area contributed by atoms with Gasteiger partial charge in [-0.1, -0.05) is 23.2 Å². The standard InChI is InChI=1S/C17H16Cl2N2O3/c1-17(2,24-14-9-7-13(19)8-10-14)16(23)21-20-15(22)11-3-5-12(18)6-4-11/h3-10H,1-2H3,(H,20,22)(H,21,23). The molecule has 0 bridgehead atoms. The Morgan fingerprint density at radius 3 is 1.92 bits per heavy atom. The van der Waals surface area contributed by atoms with Crippen molar-refractivity contribution < 1.29 is 14.3 Å². The number of hydrogen-bond acceptors (Lipinski definition) is 3. The molecule has 0 aliphatic carbocycles. The molecule has 0 saturated heterocycles. The van der Waals surface area contributed by atoms with Gasteiger partial charge < -0.3 is 4.74 Å². The lowest BCUT2D eigenvalue weighted by Crippen LogP contribution is -2.53. The summed E-state index contributed by atoms with van der Waals surface area (Å²) < 4.78 is 5.63. The van der Waals surface area contributed by atoms with Crippen LogP contribution < -0.4 is 15.6 Å². The Morgan fingerprint density at radius 2 is 1.38 bits per heavy atom. The number of hydrazine groups is 1. The molecular formula is C17H16Cl2N2O3. The lowest BCUT2D eigenvalue weighted by atomic mass is 10.1. The van der Waals surface area contributed by atoms with Crippen molar-refractivity contribution >= 4 is 35.0 Å². The van der Waals surface area contributed by atoms with Gasteiger partial charge in [0, 0.05) is 15.6 Å². The first-order valence-electron chi connectivity index (χ1n) is 7.09. The molecule has 0 unspecified atom stereocenters. The second kappa shape index (κ2) is 7.55. The highest BCUT2D eigenvalue weighted by Crippen LogP contribution is 2.20. The van der Waals surface area contributed by atoms with E-state index in [0.29, 0.717) is 21.4 Å². The molecule has 0 spiro atoms. The van der Waals surface area contributed by atoms with Gasteiger partial charge in [-0.05, 0) is 62.4 Å². The fraction of sp³-hybridized carbons (Fsp3) is 0.176. The molecule has 5 nitrogen and oxygen atoms in total. The van der Waals surface area contributed by atoms with E-state index in [-0.39, 0.29) is 0 Å². The molecule has 0 aliphatic rings. The van der Waals surface area contributed by atoms with Crippen molar-refractivity contribution in [2.75, 3.05) is 0 Å². The molecule has 126 valence electrons. The van der Waals surface area contributed by atoms with Crippen molar-refractivity contribution in [2.24, 2.45) is 0 Å². The smallest absolute Gasteiger partial charge is 0.281 e. The van der Waals surface area contributed by atoms with Crippen LogP contribution in [0.1, 0.15) is 24.2 Å². The summed E-state index contributed by atoms with van der Waals surface area (Å²) in [5.74, 6) is -0.467. The highest BCUT2D eigenvalue weighted by atomic mass is 35.5. The van der Waals surface area contributed by atoms with E-state index in [4.69, 9.17) is 27.9 Å². The molecule has 2 rings (SSSR count). The number of carbonyl (C=O) groups is 2. The average molecular weight is 367 g/mol. The molecular weight excluding hydrogens is 351 g/mol. The average Bonchev–Trinajstić information content (AvgIpc) is 2.55. The Kier molecular flexibility index (Phi) is 5.70. The zero-order chi connectivity index (χ0) is 17.7. The van der Waals surface area contributed by atoms with Crippen LogP contribution in [-0.2, 0) is 4.79 Å². The first-order valence-corrected chi connectivity index (χ1v) is 7.84. The molecule has 7 heteroatoms. The third kappa shape index (κ3) is 4.88. The fourth-order valence-electron chi connectivity index (χ4n) is 1.78. The molecule has 0 radical (unpaired) electrons. The first-order chi connectivity index (χ1) is 11.3. The molecule has 0 fully saturated rings. The van der Waals surface area contributed by atoms with Gasteiger partial charge in [-0.3, -0.25) is 20.4 Å². The summed E-state index contributed by atoms with van der Waals surface area (Å²) in [5, 5.41) is 1.09.